The van der Waals surface area contributed by atoms with Gasteiger partial charge < -0.3 is 14.8 Å². The van der Waals surface area contributed by atoms with Crippen molar-refractivity contribution in [2.24, 2.45) is 7.05 Å². The molecule has 1 aliphatic heterocycles. The maximum Gasteiger partial charge on any atom is 0.220 e. The second-order valence-electron chi connectivity index (χ2n) is 6.38. The zero-order valence-corrected chi connectivity index (χ0v) is 14.3. The van der Waals surface area contributed by atoms with Crippen LogP contribution in [0, 0.1) is 6.92 Å². The summed E-state index contributed by atoms with van der Waals surface area (Å²) in [6.45, 7) is 3.67. The Morgan fingerprint density at radius 1 is 1.38 bits per heavy atom. The van der Waals surface area contributed by atoms with Crippen LogP contribution in [0.1, 0.15) is 30.7 Å². The lowest BCUT2D eigenvalue weighted by Crippen LogP contribution is -2.48. The molecule has 0 aromatic carbocycles. The molecule has 0 radical (unpaired) electrons. The van der Waals surface area contributed by atoms with E-state index in [1.165, 1.54) is 0 Å². The van der Waals surface area contributed by atoms with Crippen LogP contribution < -0.4 is 10.2 Å². The fourth-order valence-corrected chi connectivity index (χ4v) is 3.03. The van der Waals surface area contributed by atoms with Gasteiger partial charge in [-0.2, -0.15) is 5.10 Å². The molecule has 1 fully saturated rings. The second-order valence-corrected chi connectivity index (χ2v) is 6.38. The molecule has 128 valence electrons. The number of carbonyl (C=O) groups is 1. The third-order valence-electron chi connectivity index (χ3n) is 4.42. The normalized spacial score (nSPS) is 17.8. The number of amides is 1. The zero-order chi connectivity index (χ0) is 16.9. The molecule has 0 spiro atoms. The largest absolute Gasteiger partial charge is 0.353 e. The van der Waals surface area contributed by atoms with Crippen LogP contribution in [0.2, 0.25) is 0 Å². The highest BCUT2D eigenvalue weighted by Gasteiger charge is 2.22. The SMILES string of the molecule is Cc1ccc(N2CCC[C@@H](NC(=O)CCc3cncn3C)C2)nn1. The van der Waals surface area contributed by atoms with Gasteiger partial charge >= 0.3 is 0 Å². The molecule has 1 aliphatic rings. The average molecular weight is 328 g/mol. The summed E-state index contributed by atoms with van der Waals surface area (Å²) in [5, 5.41) is 11.5. The van der Waals surface area contributed by atoms with Gasteiger partial charge in [-0.05, 0) is 38.3 Å². The summed E-state index contributed by atoms with van der Waals surface area (Å²) in [6.07, 6.45) is 6.82. The number of piperidine rings is 1. The number of imidazole rings is 1. The molecule has 0 saturated carbocycles. The topological polar surface area (TPSA) is 75.9 Å². The summed E-state index contributed by atoms with van der Waals surface area (Å²) in [6, 6.07) is 4.13. The van der Waals surface area contributed by atoms with Crippen LogP contribution in [0.4, 0.5) is 5.82 Å². The Morgan fingerprint density at radius 3 is 2.96 bits per heavy atom. The number of hydrogen-bond acceptors (Lipinski definition) is 5. The molecule has 0 bridgehead atoms. The lowest BCUT2D eigenvalue weighted by atomic mass is 10.1. The van der Waals surface area contributed by atoms with Crippen LogP contribution in [0.5, 0.6) is 0 Å². The summed E-state index contributed by atoms with van der Waals surface area (Å²) in [5.41, 5.74) is 1.99. The predicted molar refractivity (Wildman–Crippen MR) is 91.7 cm³/mol. The van der Waals surface area contributed by atoms with Gasteiger partial charge in [0.25, 0.3) is 0 Å². The highest BCUT2D eigenvalue weighted by atomic mass is 16.1. The molecule has 2 aromatic heterocycles. The molecule has 1 amide bonds. The number of hydrogen-bond donors (Lipinski definition) is 1. The fourth-order valence-electron chi connectivity index (χ4n) is 3.03. The highest BCUT2D eigenvalue weighted by molar-refractivity contribution is 5.76. The van der Waals surface area contributed by atoms with E-state index in [4.69, 9.17) is 0 Å². The molecule has 7 heteroatoms. The molecular weight excluding hydrogens is 304 g/mol. The van der Waals surface area contributed by atoms with Crippen molar-refractivity contribution in [3.8, 4) is 0 Å². The van der Waals surface area contributed by atoms with E-state index in [1.807, 2.05) is 36.9 Å². The molecule has 1 saturated heterocycles. The van der Waals surface area contributed by atoms with Crippen LogP contribution in [0.3, 0.4) is 0 Å². The Kier molecular flexibility index (Phi) is 5.08. The van der Waals surface area contributed by atoms with Gasteiger partial charge in [0.05, 0.1) is 12.0 Å². The van der Waals surface area contributed by atoms with Crippen LogP contribution in [0.25, 0.3) is 0 Å². The van der Waals surface area contributed by atoms with E-state index in [1.54, 1.807) is 6.33 Å². The van der Waals surface area contributed by atoms with E-state index in [0.29, 0.717) is 12.8 Å². The Morgan fingerprint density at radius 2 is 2.25 bits per heavy atom. The minimum atomic E-state index is 0.0954. The van der Waals surface area contributed by atoms with Gasteiger partial charge in [-0.25, -0.2) is 4.98 Å². The molecule has 24 heavy (non-hydrogen) atoms. The third kappa shape index (κ3) is 4.10. The van der Waals surface area contributed by atoms with Crippen LogP contribution >= 0.6 is 0 Å². The van der Waals surface area contributed by atoms with E-state index in [-0.39, 0.29) is 11.9 Å². The van der Waals surface area contributed by atoms with Gasteiger partial charge in [-0.15, -0.1) is 5.10 Å². The monoisotopic (exact) mass is 328 g/mol. The molecule has 3 rings (SSSR count). The highest BCUT2D eigenvalue weighted by Crippen LogP contribution is 2.17. The van der Waals surface area contributed by atoms with Crippen LogP contribution in [0.15, 0.2) is 24.7 Å². The molecule has 0 aliphatic carbocycles. The number of anilines is 1. The van der Waals surface area contributed by atoms with Gasteiger partial charge in [0.15, 0.2) is 5.82 Å². The summed E-state index contributed by atoms with van der Waals surface area (Å²) in [7, 11) is 1.95. The van der Waals surface area contributed by atoms with Crippen molar-refractivity contribution in [2.75, 3.05) is 18.0 Å². The minimum Gasteiger partial charge on any atom is -0.353 e. The van der Waals surface area contributed by atoms with Gasteiger partial charge in [0.1, 0.15) is 0 Å². The van der Waals surface area contributed by atoms with E-state index < -0.39 is 0 Å². The van der Waals surface area contributed by atoms with Crippen molar-refractivity contribution >= 4 is 11.7 Å². The van der Waals surface area contributed by atoms with Gasteiger partial charge in [0.2, 0.25) is 5.91 Å². The van der Waals surface area contributed by atoms with Crippen molar-refractivity contribution in [1.29, 1.82) is 0 Å². The van der Waals surface area contributed by atoms with Gasteiger partial charge in [-0.3, -0.25) is 4.79 Å². The first-order chi connectivity index (χ1) is 11.6. The minimum absolute atomic E-state index is 0.0954. The van der Waals surface area contributed by atoms with E-state index in [9.17, 15) is 4.79 Å². The molecule has 7 nitrogen and oxygen atoms in total. The Hall–Kier alpha value is -2.44. The first-order valence-electron chi connectivity index (χ1n) is 8.41. The van der Waals surface area contributed by atoms with Crippen molar-refractivity contribution in [1.82, 2.24) is 25.1 Å². The first-order valence-corrected chi connectivity index (χ1v) is 8.41. The quantitative estimate of drug-likeness (QED) is 0.893. The standard InChI is InChI=1S/C17H24N6O/c1-13-5-7-16(21-20-13)23-9-3-4-14(11-23)19-17(24)8-6-15-10-18-12-22(15)2/h5,7,10,12,14H,3-4,6,8-9,11H2,1-2H3,(H,19,24)/t14-/m1/s1. The summed E-state index contributed by atoms with van der Waals surface area (Å²) < 4.78 is 1.95. The van der Waals surface area contributed by atoms with Crippen LogP contribution in [-0.4, -0.2) is 44.8 Å². The van der Waals surface area contributed by atoms with Crippen LogP contribution in [-0.2, 0) is 18.3 Å². The number of aryl methyl sites for hydroxylation is 3. The lowest BCUT2D eigenvalue weighted by molar-refractivity contribution is -0.121. The van der Waals surface area contributed by atoms with Crippen molar-refractivity contribution < 1.29 is 4.79 Å². The fraction of sp³-hybridized carbons (Fsp3) is 0.529. The molecule has 1 N–H and O–H groups in total. The number of aromatic nitrogens is 4. The second kappa shape index (κ2) is 7.42. The number of nitrogens with zero attached hydrogens (tertiary/aromatic N) is 5. The summed E-state index contributed by atoms with van der Waals surface area (Å²) in [4.78, 5) is 18.5. The predicted octanol–water partition coefficient (Wildman–Crippen LogP) is 1.24. The van der Waals surface area contributed by atoms with E-state index in [0.717, 1.165) is 43.1 Å². The van der Waals surface area contributed by atoms with Gasteiger partial charge in [-0.1, -0.05) is 0 Å². The van der Waals surface area contributed by atoms with Crippen molar-refractivity contribution in [2.45, 2.75) is 38.6 Å². The van der Waals surface area contributed by atoms with E-state index in [2.05, 4.69) is 25.4 Å². The number of rotatable bonds is 5. The van der Waals surface area contributed by atoms with Gasteiger partial charge in [0, 0.05) is 44.5 Å². The molecule has 3 heterocycles. The average Bonchev–Trinajstić information content (AvgIpc) is 2.99. The smallest absolute Gasteiger partial charge is 0.220 e. The number of nitrogens with one attached hydrogen (secondary N) is 1. The first kappa shape index (κ1) is 16.4. The molecule has 1 atom stereocenters. The van der Waals surface area contributed by atoms with E-state index >= 15 is 0 Å². The molecule has 0 unspecified atom stereocenters. The summed E-state index contributed by atoms with van der Waals surface area (Å²) >= 11 is 0. The molecular formula is C17H24N6O. The summed E-state index contributed by atoms with van der Waals surface area (Å²) in [5.74, 6) is 0.979. The maximum absolute atomic E-state index is 12.2. The lowest BCUT2D eigenvalue weighted by Gasteiger charge is -2.33. The third-order valence-corrected chi connectivity index (χ3v) is 4.42. The Bertz CT molecular complexity index is 681. The Balaban J connectivity index is 1.50. The Labute approximate surface area is 142 Å². The maximum atomic E-state index is 12.2. The van der Waals surface area contributed by atoms with Crippen molar-refractivity contribution in [3.05, 3.63) is 36.0 Å². The molecule has 2 aromatic rings. The number of carbonyl (C=O) groups excluding carboxylic acids is 1. The zero-order valence-electron chi connectivity index (χ0n) is 14.3. The van der Waals surface area contributed by atoms with Crippen molar-refractivity contribution in [3.63, 3.8) is 0 Å².